The van der Waals surface area contributed by atoms with Crippen LogP contribution in [0.15, 0.2) is 18.2 Å². The second-order valence-electron chi connectivity index (χ2n) is 5.06. The number of carboxylic acids is 1. The maximum atomic E-state index is 12.3. The number of hydrogen-bond donors (Lipinski definition) is 2. The number of nitrogens with one attached hydrogen (secondary N) is 1. The van der Waals surface area contributed by atoms with Gasteiger partial charge in [0.1, 0.15) is 17.0 Å². The smallest absolute Gasteiger partial charge is 0.330 e. The summed E-state index contributed by atoms with van der Waals surface area (Å²) in [6, 6.07) is 5.25. The van der Waals surface area contributed by atoms with Crippen molar-refractivity contribution in [3.8, 4) is 11.5 Å². The van der Waals surface area contributed by atoms with Crippen LogP contribution in [-0.2, 0) is 16.0 Å². The number of amides is 1. The maximum absolute atomic E-state index is 12.3. The lowest BCUT2D eigenvalue weighted by Crippen LogP contribution is -2.55. The number of benzene rings is 1. The van der Waals surface area contributed by atoms with Crippen molar-refractivity contribution in [3.05, 3.63) is 23.8 Å². The molecule has 0 aliphatic carbocycles. The number of carbonyl (C=O) groups excluding carboxylic acids is 1. The standard InChI is InChI=1S/C15H19NO5S/c1-20-11-4-3-5-12(21-2)10(11)8-13(17)16-15(14(18)19)6-7-22-9-15/h3-5H,6-9H2,1-2H3,(H,16,17)(H,18,19). The zero-order valence-electron chi connectivity index (χ0n) is 12.5. The van der Waals surface area contributed by atoms with E-state index in [0.29, 0.717) is 29.2 Å². The van der Waals surface area contributed by atoms with Gasteiger partial charge >= 0.3 is 5.97 Å². The van der Waals surface area contributed by atoms with Gasteiger partial charge in [-0.2, -0.15) is 11.8 Å². The van der Waals surface area contributed by atoms with Gasteiger partial charge in [-0.15, -0.1) is 0 Å². The Morgan fingerprint density at radius 1 is 1.32 bits per heavy atom. The molecule has 0 spiro atoms. The molecule has 0 radical (unpaired) electrons. The molecule has 1 atom stereocenters. The number of methoxy groups -OCH3 is 2. The van der Waals surface area contributed by atoms with Crippen LogP contribution in [0.3, 0.4) is 0 Å². The molecule has 2 N–H and O–H groups in total. The summed E-state index contributed by atoms with van der Waals surface area (Å²) >= 11 is 1.53. The molecule has 0 bridgehead atoms. The largest absolute Gasteiger partial charge is 0.496 e. The minimum atomic E-state index is -1.17. The molecule has 1 heterocycles. The summed E-state index contributed by atoms with van der Waals surface area (Å²) < 4.78 is 10.5. The SMILES string of the molecule is COc1cccc(OC)c1CC(=O)NC1(C(=O)O)CCSC1. The fraction of sp³-hybridized carbons (Fsp3) is 0.467. The molecule has 1 aromatic carbocycles. The molecule has 7 heteroatoms. The number of aliphatic carboxylic acids is 1. The molecule has 1 saturated heterocycles. The zero-order valence-corrected chi connectivity index (χ0v) is 13.4. The van der Waals surface area contributed by atoms with Crippen LogP contribution in [-0.4, -0.2) is 48.2 Å². The van der Waals surface area contributed by atoms with E-state index in [0.717, 1.165) is 5.75 Å². The molecule has 1 unspecified atom stereocenters. The van der Waals surface area contributed by atoms with Crippen molar-refractivity contribution in [3.63, 3.8) is 0 Å². The Labute approximate surface area is 133 Å². The molecule has 22 heavy (non-hydrogen) atoms. The van der Waals surface area contributed by atoms with Crippen LogP contribution in [0.2, 0.25) is 0 Å². The van der Waals surface area contributed by atoms with Crippen LogP contribution in [0.5, 0.6) is 11.5 Å². The van der Waals surface area contributed by atoms with E-state index in [2.05, 4.69) is 5.32 Å². The first-order chi connectivity index (χ1) is 10.5. The van der Waals surface area contributed by atoms with Crippen molar-refractivity contribution in [2.24, 2.45) is 0 Å². The van der Waals surface area contributed by atoms with Gasteiger partial charge in [-0.3, -0.25) is 4.79 Å². The lowest BCUT2D eigenvalue weighted by atomic mass is 9.98. The summed E-state index contributed by atoms with van der Waals surface area (Å²) in [6.45, 7) is 0. The van der Waals surface area contributed by atoms with Crippen molar-refractivity contribution in [2.45, 2.75) is 18.4 Å². The predicted molar refractivity (Wildman–Crippen MR) is 83.7 cm³/mol. The average molecular weight is 325 g/mol. The summed E-state index contributed by atoms with van der Waals surface area (Å²) in [7, 11) is 3.03. The normalized spacial score (nSPS) is 20.5. The summed E-state index contributed by atoms with van der Waals surface area (Å²) in [5, 5.41) is 12.1. The summed E-state index contributed by atoms with van der Waals surface area (Å²) in [4.78, 5) is 23.8. The van der Waals surface area contributed by atoms with Crippen LogP contribution in [0.1, 0.15) is 12.0 Å². The Hall–Kier alpha value is -1.89. The van der Waals surface area contributed by atoms with Gasteiger partial charge in [0.15, 0.2) is 0 Å². The second-order valence-corrected chi connectivity index (χ2v) is 6.16. The Bertz CT molecular complexity index is 547. The molecular formula is C15H19NO5S. The first kappa shape index (κ1) is 16.5. The number of ether oxygens (including phenoxy) is 2. The third-order valence-electron chi connectivity index (χ3n) is 3.68. The van der Waals surface area contributed by atoms with E-state index in [1.807, 2.05) is 0 Å². The van der Waals surface area contributed by atoms with Gasteiger partial charge in [-0.05, 0) is 24.3 Å². The monoisotopic (exact) mass is 325 g/mol. The molecule has 0 aromatic heterocycles. The van der Waals surface area contributed by atoms with Crippen LogP contribution >= 0.6 is 11.8 Å². The van der Waals surface area contributed by atoms with Crippen LogP contribution in [0.4, 0.5) is 0 Å². The minimum Gasteiger partial charge on any atom is -0.496 e. The molecule has 1 fully saturated rings. The maximum Gasteiger partial charge on any atom is 0.330 e. The number of hydrogen-bond acceptors (Lipinski definition) is 5. The summed E-state index contributed by atoms with van der Waals surface area (Å²) in [5.41, 5.74) is -0.562. The van der Waals surface area contributed by atoms with Gasteiger partial charge in [-0.25, -0.2) is 4.79 Å². The van der Waals surface area contributed by atoms with E-state index >= 15 is 0 Å². The quantitative estimate of drug-likeness (QED) is 0.821. The Morgan fingerprint density at radius 3 is 2.41 bits per heavy atom. The Morgan fingerprint density at radius 2 is 1.95 bits per heavy atom. The van der Waals surface area contributed by atoms with Crippen molar-refractivity contribution < 1.29 is 24.2 Å². The van der Waals surface area contributed by atoms with E-state index in [9.17, 15) is 14.7 Å². The molecule has 6 nitrogen and oxygen atoms in total. The molecule has 1 aliphatic rings. The first-order valence-electron chi connectivity index (χ1n) is 6.84. The number of carbonyl (C=O) groups is 2. The molecule has 1 aromatic rings. The van der Waals surface area contributed by atoms with Crippen LogP contribution in [0.25, 0.3) is 0 Å². The van der Waals surface area contributed by atoms with Gasteiger partial charge in [0, 0.05) is 11.3 Å². The van der Waals surface area contributed by atoms with E-state index in [4.69, 9.17) is 9.47 Å². The minimum absolute atomic E-state index is 0.00683. The highest BCUT2D eigenvalue weighted by Crippen LogP contribution is 2.31. The highest BCUT2D eigenvalue weighted by Gasteiger charge is 2.43. The molecule has 120 valence electrons. The third-order valence-corrected chi connectivity index (χ3v) is 4.87. The highest BCUT2D eigenvalue weighted by atomic mass is 32.2. The second kappa shape index (κ2) is 6.91. The first-order valence-corrected chi connectivity index (χ1v) is 8.00. The number of thioether (sulfide) groups is 1. The van der Waals surface area contributed by atoms with E-state index in [1.54, 1.807) is 18.2 Å². The summed E-state index contributed by atoms with van der Waals surface area (Å²) in [6.07, 6.45) is 0.439. The lowest BCUT2D eigenvalue weighted by Gasteiger charge is -2.25. The van der Waals surface area contributed by atoms with Crippen LogP contribution in [0, 0.1) is 0 Å². The van der Waals surface area contributed by atoms with Gasteiger partial charge in [-0.1, -0.05) is 6.07 Å². The molecule has 1 aliphatic heterocycles. The van der Waals surface area contributed by atoms with E-state index < -0.39 is 11.5 Å². The molecule has 0 saturated carbocycles. The lowest BCUT2D eigenvalue weighted by molar-refractivity contribution is -0.146. The number of carboxylic acid groups (broad SMARTS) is 1. The Balaban J connectivity index is 2.17. The highest BCUT2D eigenvalue weighted by molar-refractivity contribution is 7.99. The summed E-state index contributed by atoms with van der Waals surface area (Å²) in [5.74, 6) is 0.853. The number of rotatable bonds is 6. The topological polar surface area (TPSA) is 84.9 Å². The Kier molecular flexibility index (Phi) is 5.18. The molecular weight excluding hydrogens is 306 g/mol. The van der Waals surface area contributed by atoms with Gasteiger partial charge < -0.3 is 19.9 Å². The van der Waals surface area contributed by atoms with Crippen molar-refractivity contribution in [1.82, 2.24) is 5.32 Å². The van der Waals surface area contributed by atoms with Crippen molar-refractivity contribution in [2.75, 3.05) is 25.7 Å². The van der Waals surface area contributed by atoms with Gasteiger partial charge in [0.05, 0.1) is 20.6 Å². The third kappa shape index (κ3) is 3.30. The van der Waals surface area contributed by atoms with Crippen LogP contribution < -0.4 is 14.8 Å². The van der Waals surface area contributed by atoms with Crippen molar-refractivity contribution >= 4 is 23.6 Å². The van der Waals surface area contributed by atoms with Crippen molar-refractivity contribution in [1.29, 1.82) is 0 Å². The zero-order chi connectivity index (χ0) is 16.2. The fourth-order valence-corrected chi connectivity index (χ4v) is 3.79. The fourth-order valence-electron chi connectivity index (χ4n) is 2.46. The average Bonchev–Trinajstić information content (AvgIpc) is 2.97. The predicted octanol–water partition coefficient (Wildman–Crippen LogP) is 1.32. The van der Waals surface area contributed by atoms with Gasteiger partial charge in [0.2, 0.25) is 5.91 Å². The van der Waals surface area contributed by atoms with Gasteiger partial charge in [0.25, 0.3) is 0 Å². The van der Waals surface area contributed by atoms with E-state index in [1.165, 1.54) is 26.0 Å². The van der Waals surface area contributed by atoms with E-state index in [-0.39, 0.29) is 12.3 Å². The molecule has 2 rings (SSSR count). The molecule has 1 amide bonds.